The van der Waals surface area contributed by atoms with Crippen molar-refractivity contribution in [3.63, 3.8) is 0 Å². The van der Waals surface area contributed by atoms with Gasteiger partial charge < -0.3 is 4.74 Å². The third kappa shape index (κ3) is 3.59. The Hall–Kier alpha value is -2.19. The molecule has 0 bridgehead atoms. The maximum atomic E-state index is 12.3. The number of hydrogen-bond donors (Lipinski definition) is 1. The van der Waals surface area contributed by atoms with E-state index in [9.17, 15) is 18.0 Å². The van der Waals surface area contributed by atoms with Crippen molar-refractivity contribution in [2.24, 2.45) is 0 Å². The van der Waals surface area contributed by atoms with Gasteiger partial charge in [-0.25, -0.2) is 13.1 Å². The highest BCUT2D eigenvalue weighted by molar-refractivity contribution is 7.89. The lowest BCUT2D eigenvalue weighted by Gasteiger charge is -2.25. The van der Waals surface area contributed by atoms with Crippen molar-refractivity contribution >= 4 is 27.5 Å². The topological polar surface area (TPSA) is 92.8 Å². The quantitative estimate of drug-likeness (QED) is 0.621. The number of nitrogens with zero attached hydrogens (tertiary/aromatic N) is 1. The van der Waals surface area contributed by atoms with Crippen LogP contribution in [0.5, 0.6) is 5.75 Å². The minimum absolute atomic E-state index is 0.0529. The van der Waals surface area contributed by atoms with Gasteiger partial charge in [0.2, 0.25) is 21.8 Å². The van der Waals surface area contributed by atoms with Crippen molar-refractivity contribution in [3.05, 3.63) is 30.9 Å². The van der Waals surface area contributed by atoms with Gasteiger partial charge in [-0.2, -0.15) is 0 Å². The van der Waals surface area contributed by atoms with E-state index in [1.165, 1.54) is 31.4 Å². The molecular formula is C15H18N2O5S. The van der Waals surface area contributed by atoms with Crippen molar-refractivity contribution in [2.45, 2.75) is 24.2 Å². The summed E-state index contributed by atoms with van der Waals surface area (Å²) < 4.78 is 32.1. The third-order valence-electron chi connectivity index (χ3n) is 3.39. The monoisotopic (exact) mass is 338 g/mol. The van der Waals surface area contributed by atoms with E-state index in [0.29, 0.717) is 6.42 Å². The van der Waals surface area contributed by atoms with Gasteiger partial charge in [-0.15, -0.1) is 6.58 Å². The Labute approximate surface area is 135 Å². The zero-order chi connectivity index (χ0) is 17.0. The summed E-state index contributed by atoms with van der Waals surface area (Å²) in [6.45, 7) is 3.51. The highest BCUT2D eigenvalue weighted by atomic mass is 32.2. The molecule has 1 heterocycles. The van der Waals surface area contributed by atoms with E-state index in [-0.39, 0.29) is 47.5 Å². The van der Waals surface area contributed by atoms with Crippen LogP contribution in [0.3, 0.4) is 0 Å². The van der Waals surface area contributed by atoms with Gasteiger partial charge in [-0.3, -0.25) is 14.5 Å². The number of rotatable bonds is 6. The third-order valence-corrected chi connectivity index (χ3v) is 4.84. The number of amides is 2. The number of hydrogen-bond acceptors (Lipinski definition) is 5. The summed E-state index contributed by atoms with van der Waals surface area (Å²) >= 11 is 0. The lowest BCUT2D eigenvalue weighted by molar-refractivity contribution is -0.129. The SMILES string of the molecule is C=CCNS(=O)(=O)c1cc(N2C(=O)CCCC2=O)ccc1OC. The summed E-state index contributed by atoms with van der Waals surface area (Å²) in [5.41, 5.74) is 0.222. The Balaban J connectivity index is 2.48. The van der Waals surface area contributed by atoms with E-state index in [1.54, 1.807) is 0 Å². The Morgan fingerprint density at radius 2 is 1.96 bits per heavy atom. The number of benzene rings is 1. The molecule has 0 radical (unpaired) electrons. The highest BCUT2D eigenvalue weighted by Crippen LogP contribution is 2.30. The fourth-order valence-electron chi connectivity index (χ4n) is 2.30. The van der Waals surface area contributed by atoms with Crippen molar-refractivity contribution in [1.29, 1.82) is 0 Å². The number of carbonyl (C=O) groups is 2. The van der Waals surface area contributed by atoms with Crippen LogP contribution in [0, 0.1) is 0 Å². The molecule has 0 atom stereocenters. The number of carbonyl (C=O) groups excluding carboxylic acids is 2. The van der Waals surface area contributed by atoms with Crippen LogP contribution >= 0.6 is 0 Å². The number of nitrogens with one attached hydrogen (secondary N) is 1. The van der Waals surface area contributed by atoms with Gasteiger partial charge in [0.05, 0.1) is 12.8 Å². The molecule has 1 aromatic carbocycles. The van der Waals surface area contributed by atoms with Crippen LogP contribution in [0.4, 0.5) is 5.69 Å². The van der Waals surface area contributed by atoms with Crippen LogP contribution in [0.25, 0.3) is 0 Å². The van der Waals surface area contributed by atoms with E-state index in [1.807, 2.05) is 0 Å². The number of ether oxygens (including phenoxy) is 1. The molecule has 124 valence electrons. The number of piperidine rings is 1. The van der Waals surface area contributed by atoms with Crippen molar-refractivity contribution in [3.8, 4) is 5.75 Å². The Morgan fingerprint density at radius 1 is 1.30 bits per heavy atom. The summed E-state index contributed by atoms with van der Waals surface area (Å²) in [4.78, 5) is 24.9. The average Bonchev–Trinajstić information content (AvgIpc) is 2.52. The Bertz CT molecular complexity index is 726. The first-order valence-electron chi connectivity index (χ1n) is 7.05. The molecule has 0 unspecified atom stereocenters. The maximum Gasteiger partial charge on any atom is 0.244 e. The number of imide groups is 1. The first-order chi connectivity index (χ1) is 10.9. The Morgan fingerprint density at radius 3 is 2.52 bits per heavy atom. The van der Waals surface area contributed by atoms with Gasteiger partial charge in [0.1, 0.15) is 10.6 Å². The second kappa shape index (κ2) is 6.93. The maximum absolute atomic E-state index is 12.3. The van der Waals surface area contributed by atoms with Gasteiger partial charge in [0.25, 0.3) is 0 Å². The van der Waals surface area contributed by atoms with Crippen LogP contribution in [-0.2, 0) is 19.6 Å². The predicted molar refractivity (Wildman–Crippen MR) is 84.7 cm³/mol. The number of methoxy groups -OCH3 is 1. The second-order valence-corrected chi connectivity index (χ2v) is 6.69. The Kier molecular flexibility index (Phi) is 5.17. The predicted octanol–water partition coefficient (Wildman–Crippen LogP) is 1.20. The molecule has 1 N–H and O–H groups in total. The molecule has 1 aliphatic rings. The van der Waals surface area contributed by atoms with Crippen molar-refractivity contribution < 1.29 is 22.7 Å². The molecule has 1 fully saturated rings. The molecule has 0 saturated carbocycles. The minimum atomic E-state index is -3.86. The minimum Gasteiger partial charge on any atom is -0.495 e. The summed E-state index contributed by atoms with van der Waals surface area (Å²) in [6.07, 6.45) is 2.44. The largest absolute Gasteiger partial charge is 0.495 e. The van der Waals surface area contributed by atoms with Gasteiger partial charge in [-0.05, 0) is 24.6 Å². The fraction of sp³-hybridized carbons (Fsp3) is 0.333. The van der Waals surface area contributed by atoms with E-state index >= 15 is 0 Å². The molecule has 2 amide bonds. The molecule has 7 nitrogen and oxygen atoms in total. The molecule has 1 aliphatic heterocycles. The molecular weight excluding hydrogens is 320 g/mol. The van der Waals surface area contributed by atoms with Gasteiger partial charge in [0, 0.05) is 19.4 Å². The van der Waals surface area contributed by atoms with Gasteiger partial charge in [0.15, 0.2) is 0 Å². The summed E-state index contributed by atoms with van der Waals surface area (Å²) in [7, 11) is -2.51. The molecule has 0 aromatic heterocycles. The molecule has 1 aromatic rings. The lowest BCUT2D eigenvalue weighted by atomic mass is 10.1. The molecule has 1 saturated heterocycles. The van der Waals surface area contributed by atoms with Crippen LogP contribution in [0.2, 0.25) is 0 Å². The van der Waals surface area contributed by atoms with E-state index in [0.717, 1.165) is 4.90 Å². The summed E-state index contributed by atoms with van der Waals surface area (Å²) in [5, 5.41) is 0. The first-order valence-corrected chi connectivity index (χ1v) is 8.53. The molecule has 23 heavy (non-hydrogen) atoms. The number of anilines is 1. The van der Waals surface area contributed by atoms with Crippen molar-refractivity contribution in [2.75, 3.05) is 18.6 Å². The van der Waals surface area contributed by atoms with Gasteiger partial charge in [-0.1, -0.05) is 6.08 Å². The van der Waals surface area contributed by atoms with Crippen LogP contribution < -0.4 is 14.4 Å². The normalized spacial score (nSPS) is 15.6. The number of sulfonamides is 1. The molecule has 8 heteroatoms. The zero-order valence-electron chi connectivity index (χ0n) is 12.7. The van der Waals surface area contributed by atoms with E-state index in [4.69, 9.17) is 4.74 Å². The van der Waals surface area contributed by atoms with Crippen LogP contribution in [-0.4, -0.2) is 33.9 Å². The molecule has 2 rings (SSSR count). The van der Waals surface area contributed by atoms with Crippen molar-refractivity contribution in [1.82, 2.24) is 4.72 Å². The smallest absolute Gasteiger partial charge is 0.244 e. The fourth-order valence-corrected chi connectivity index (χ4v) is 3.49. The molecule has 0 spiro atoms. The zero-order valence-corrected chi connectivity index (χ0v) is 13.6. The standard InChI is InChI=1S/C15H18N2O5S/c1-3-9-16-23(20,21)13-10-11(7-8-12(13)22-2)17-14(18)5-4-6-15(17)19/h3,7-8,10,16H,1,4-6,9H2,2H3. The van der Waals surface area contributed by atoms with E-state index in [2.05, 4.69) is 11.3 Å². The second-order valence-electron chi connectivity index (χ2n) is 4.95. The van der Waals surface area contributed by atoms with E-state index < -0.39 is 10.0 Å². The summed E-state index contributed by atoms with van der Waals surface area (Å²) in [5.74, 6) is -0.551. The van der Waals surface area contributed by atoms with Crippen LogP contribution in [0.15, 0.2) is 35.7 Å². The summed E-state index contributed by atoms with van der Waals surface area (Å²) in [6, 6.07) is 4.19. The van der Waals surface area contributed by atoms with Crippen LogP contribution in [0.1, 0.15) is 19.3 Å². The highest BCUT2D eigenvalue weighted by Gasteiger charge is 2.29. The first kappa shape index (κ1) is 17.2. The average molecular weight is 338 g/mol. The lowest BCUT2D eigenvalue weighted by Crippen LogP contribution is -2.40. The van der Waals surface area contributed by atoms with Gasteiger partial charge >= 0.3 is 0 Å². The molecule has 0 aliphatic carbocycles.